The molecule has 2 heterocycles. The molecule has 0 aliphatic heterocycles. The molecule has 0 spiro atoms. The van der Waals surface area contributed by atoms with E-state index in [-0.39, 0.29) is 5.91 Å². The Morgan fingerprint density at radius 1 is 1.33 bits per heavy atom. The van der Waals surface area contributed by atoms with Gasteiger partial charge in [-0.05, 0) is 37.3 Å². The second-order valence-corrected chi connectivity index (χ2v) is 5.12. The van der Waals surface area contributed by atoms with E-state index in [1.807, 2.05) is 6.07 Å². The van der Waals surface area contributed by atoms with E-state index >= 15 is 0 Å². The molecule has 106 valence electrons. The molecular weight excluding hydrogens is 288 g/mol. The number of pyridine rings is 1. The maximum absolute atomic E-state index is 12.4. The van der Waals surface area contributed by atoms with Crippen molar-refractivity contribution in [3.63, 3.8) is 0 Å². The van der Waals surface area contributed by atoms with Gasteiger partial charge in [0.05, 0.1) is 16.9 Å². The highest BCUT2D eigenvalue weighted by atomic mass is 35.5. The fourth-order valence-electron chi connectivity index (χ4n) is 2.18. The number of nitrogens with zero attached hydrogens (tertiary/aromatic N) is 1. The van der Waals surface area contributed by atoms with Crippen LogP contribution in [0.15, 0.2) is 36.5 Å². The number of carbonyl (C=O) groups excluding carboxylic acids is 1. The number of rotatable bonds is 2. The van der Waals surface area contributed by atoms with Crippen LogP contribution in [0.3, 0.4) is 0 Å². The number of aromatic nitrogens is 2. The second kappa shape index (κ2) is 5.10. The van der Waals surface area contributed by atoms with Gasteiger partial charge in [0, 0.05) is 22.8 Å². The summed E-state index contributed by atoms with van der Waals surface area (Å²) in [4.78, 5) is 19.6. The van der Waals surface area contributed by atoms with E-state index in [9.17, 15) is 4.79 Å². The average Bonchev–Trinajstić information content (AvgIpc) is 2.85. The van der Waals surface area contributed by atoms with E-state index < -0.39 is 0 Å². The minimum Gasteiger partial charge on any atom is -0.399 e. The maximum atomic E-state index is 12.4. The zero-order valence-corrected chi connectivity index (χ0v) is 12.0. The standard InChI is InChI=1S/C15H13ClN4O/c1-8-12(4-5-14(16)19-8)20-15(21)11-7-18-13-3-2-9(17)6-10(11)13/h2-7,18H,17H2,1H3,(H,20,21). The summed E-state index contributed by atoms with van der Waals surface area (Å²) in [5, 5.41) is 4.01. The Morgan fingerprint density at radius 3 is 2.90 bits per heavy atom. The van der Waals surface area contributed by atoms with Crippen LogP contribution in [-0.4, -0.2) is 15.9 Å². The summed E-state index contributed by atoms with van der Waals surface area (Å²) in [5.41, 5.74) is 9.07. The van der Waals surface area contributed by atoms with Gasteiger partial charge in [-0.15, -0.1) is 0 Å². The van der Waals surface area contributed by atoms with Gasteiger partial charge >= 0.3 is 0 Å². The number of carbonyl (C=O) groups is 1. The summed E-state index contributed by atoms with van der Waals surface area (Å²) >= 11 is 5.81. The molecule has 4 N–H and O–H groups in total. The predicted octanol–water partition coefficient (Wildman–Crippen LogP) is 3.36. The van der Waals surface area contributed by atoms with Crippen molar-refractivity contribution in [2.24, 2.45) is 0 Å². The van der Waals surface area contributed by atoms with Gasteiger partial charge in [-0.3, -0.25) is 4.79 Å². The van der Waals surface area contributed by atoms with Crippen LogP contribution in [0, 0.1) is 6.92 Å². The number of nitrogens with one attached hydrogen (secondary N) is 2. The minimum absolute atomic E-state index is 0.223. The Bertz CT molecular complexity index is 841. The van der Waals surface area contributed by atoms with Crippen LogP contribution >= 0.6 is 11.6 Å². The number of nitrogens with two attached hydrogens (primary N) is 1. The SMILES string of the molecule is Cc1nc(Cl)ccc1NC(=O)c1c[nH]c2ccc(N)cc12. The van der Waals surface area contributed by atoms with Crippen molar-refractivity contribution in [1.29, 1.82) is 0 Å². The fraction of sp³-hybridized carbons (Fsp3) is 0.0667. The lowest BCUT2D eigenvalue weighted by Crippen LogP contribution is -2.12. The number of hydrogen-bond donors (Lipinski definition) is 3. The molecule has 0 bridgehead atoms. The molecule has 2 aromatic heterocycles. The zero-order valence-electron chi connectivity index (χ0n) is 11.3. The molecule has 1 amide bonds. The summed E-state index contributed by atoms with van der Waals surface area (Å²) in [7, 11) is 0. The summed E-state index contributed by atoms with van der Waals surface area (Å²) < 4.78 is 0. The lowest BCUT2D eigenvalue weighted by Gasteiger charge is -2.07. The molecule has 1 aromatic carbocycles. The highest BCUT2D eigenvalue weighted by Gasteiger charge is 2.13. The van der Waals surface area contributed by atoms with Crippen LogP contribution in [0.5, 0.6) is 0 Å². The summed E-state index contributed by atoms with van der Waals surface area (Å²) in [5.74, 6) is -0.223. The molecule has 3 rings (SSSR count). The van der Waals surface area contributed by atoms with Crippen LogP contribution in [-0.2, 0) is 0 Å². The third-order valence-corrected chi connectivity index (χ3v) is 3.46. The highest BCUT2D eigenvalue weighted by Crippen LogP contribution is 2.23. The topological polar surface area (TPSA) is 83.8 Å². The van der Waals surface area contributed by atoms with Crippen LogP contribution in [0.1, 0.15) is 16.1 Å². The summed E-state index contributed by atoms with van der Waals surface area (Å²) in [6, 6.07) is 8.77. The van der Waals surface area contributed by atoms with Gasteiger partial charge in [0.1, 0.15) is 5.15 Å². The molecule has 6 heteroatoms. The quantitative estimate of drug-likeness (QED) is 0.501. The van der Waals surface area contributed by atoms with E-state index in [0.29, 0.717) is 27.8 Å². The van der Waals surface area contributed by atoms with Crippen molar-refractivity contribution >= 4 is 39.8 Å². The Morgan fingerprint density at radius 2 is 2.14 bits per heavy atom. The number of benzene rings is 1. The van der Waals surface area contributed by atoms with Crippen LogP contribution in [0.25, 0.3) is 10.9 Å². The van der Waals surface area contributed by atoms with Crippen LogP contribution in [0.2, 0.25) is 5.15 Å². The van der Waals surface area contributed by atoms with Crippen LogP contribution in [0.4, 0.5) is 11.4 Å². The van der Waals surface area contributed by atoms with Gasteiger partial charge in [-0.25, -0.2) is 4.98 Å². The van der Waals surface area contributed by atoms with Crippen molar-refractivity contribution in [1.82, 2.24) is 9.97 Å². The van der Waals surface area contributed by atoms with Crippen molar-refractivity contribution in [3.8, 4) is 0 Å². The van der Waals surface area contributed by atoms with Crippen molar-refractivity contribution in [2.45, 2.75) is 6.92 Å². The normalized spacial score (nSPS) is 10.8. The fourth-order valence-corrected chi connectivity index (χ4v) is 2.37. The number of anilines is 2. The third kappa shape index (κ3) is 2.55. The Hall–Kier alpha value is -2.53. The number of aryl methyl sites for hydroxylation is 1. The molecule has 0 aliphatic rings. The first-order chi connectivity index (χ1) is 10.0. The average molecular weight is 301 g/mol. The maximum Gasteiger partial charge on any atom is 0.257 e. The van der Waals surface area contributed by atoms with Crippen molar-refractivity contribution in [2.75, 3.05) is 11.1 Å². The number of amides is 1. The third-order valence-electron chi connectivity index (χ3n) is 3.25. The molecule has 0 aliphatic carbocycles. The number of halogens is 1. The molecule has 3 aromatic rings. The predicted molar refractivity (Wildman–Crippen MR) is 84.6 cm³/mol. The van der Waals surface area contributed by atoms with Crippen molar-refractivity contribution < 1.29 is 4.79 Å². The van der Waals surface area contributed by atoms with Gasteiger partial charge in [0.25, 0.3) is 5.91 Å². The molecule has 0 atom stereocenters. The van der Waals surface area contributed by atoms with Crippen molar-refractivity contribution in [3.05, 3.63) is 52.9 Å². The first kappa shape index (κ1) is 13.5. The first-order valence-electron chi connectivity index (χ1n) is 6.36. The lowest BCUT2D eigenvalue weighted by atomic mass is 10.1. The summed E-state index contributed by atoms with van der Waals surface area (Å²) in [6.45, 7) is 1.79. The molecular formula is C15H13ClN4O. The molecule has 0 unspecified atom stereocenters. The first-order valence-corrected chi connectivity index (χ1v) is 6.73. The van der Waals surface area contributed by atoms with E-state index in [1.165, 1.54) is 0 Å². The van der Waals surface area contributed by atoms with Gasteiger partial charge in [0.2, 0.25) is 0 Å². The van der Waals surface area contributed by atoms with Gasteiger partial charge < -0.3 is 16.0 Å². The molecule has 21 heavy (non-hydrogen) atoms. The molecule has 0 saturated heterocycles. The van der Waals surface area contributed by atoms with Gasteiger partial charge in [0.15, 0.2) is 0 Å². The minimum atomic E-state index is -0.223. The lowest BCUT2D eigenvalue weighted by molar-refractivity contribution is 0.102. The number of H-pyrrole nitrogens is 1. The number of hydrogen-bond acceptors (Lipinski definition) is 3. The molecule has 0 radical (unpaired) electrons. The monoisotopic (exact) mass is 300 g/mol. The van der Waals surface area contributed by atoms with E-state index in [2.05, 4.69) is 15.3 Å². The van der Waals surface area contributed by atoms with Gasteiger partial charge in [-0.2, -0.15) is 0 Å². The summed E-state index contributed by atoms with van der Waals surface area (Å²) in [6.07, 6.45) is 1.66. The molecule has 5 nitrogen and oxygen atoms in total. The number of fused-ring (bicyclic) bond motifs is 1. The molecule has 0 saturated carbocycles. The van der Waals surface area contributed by atoms with E-state index in [4.69, 9.17) is 17.3 Å². The van der Waals surface area contributed by atoms with E-state index in [1.54, 1.807) is 37.4 Å². The zero-order chi connectivity index (χ0) is 15.0. The Balaban J connectivity index is 1.95. The Labute approximate surface area is 126 Å². The van der Waals surface area contributed by atoms with Crippen LogP contribution < -0.4 is 11.1 Å². The Kier molecular flexibility index (Phi) is 3.27. The largest absolute Gasteiger partial charge is 0.399 e. The second-order valence-electron chi connectivity index (χ2n) is 4.73. The number of aromatic amines is 1. The number of nitrogen functional groups attached to an aromatic ring is 1. The van der Waals surface area contributed by atoms with Gasteiger partial charge in [-0.1, -0.05) is 11.6 Å². The molecule has 0 fully saturated rings. The van der Waals surface area contributed by atoms with E-state index in [0.717, 1.165) is 10.9 Å². The highest BCUT2D eigenvalue weighted by molar-refractivity contribution is 6.29. The smallest absolute Gasteiger partial charge is 0.257 e.